The van der Waals surface area contributed by atoms with E-state index in [0.717, 1.165) is 20.8 Å². The van der Waals surface area contributed by atoms with Crippen molar-refractivity contribution in [1.82, 2.24) is 19.2 Å². The molecule has 0 amide bonds. The molecule has 0 atom stereocenters. The maximum Gasteiger partial charge on any atom is 0.287 e. The average Bonchev–Trinajstić information content (AvgIpc) is 3.58. The summed E-state index contributed by atoms with van der Waals surface area (Å²) in [6.45, 7) is 0. The first-order chi connectivity index (χ1) is 20.0. The second kappa shape index (κ2) is 9.65. The molecule has 11 heteroatoms. The third-order valence-corrected chi connectivity index (χ3v) is 7.19. The minimum absolute atomic E-state index is 0.0966. The summed E-state index contributed by atoms with van der Waals surface area (Å²) in [5.41, 5.74) is 2.27. The number of fused-ring (bicyclic) bond motifs is 3. The van der Waals surface area contributed by atoms with Gasteiger partial charge in [0.2, 0.25) is 5.82 Å². The molecule has 0 fully saturated rings. The SMILES string of the molecule is O=c1c2ccccc2nc(-c2cc3cc(Br)ccc3o2)n1N=Cc1cn(-c2ccc([N+](=O)[O-])cn2)c2ccccc12. The number of hydrogen-bond acceptors (Lipinski definition) is 7. The molecule has 0 saturated carbocycles. The fraction of sp³-hybridized carbons (Fsp3) is 0. The molecule has 0 aliphatic carbocycles. The molecule has 7 rings (SSSR count). The third-order valence-electron chi connectivity index (χ3n) is 6.70. The van der Waals surface area contributed by atoms with Crippen LogP contribution in [0, 0.1) is 10.1 Å². The van der Waals surface area contributed by atoms with E-state index in [-0.39, 0.29) is 17.1 Å². The van der Waals surface area contributed by atoms with Crippen LogP contribution >= 0.6 is 15.9 Å². The summed E-state index contributed by atoms with van der Waals surface area (Å²) < 4.78 is 10.0. The molecule has 0 radical (unpaired) electrons. The Bertz CT molecular complexity index is 2230. The first-order valence-electron chi connectivity index (χ1n) is 12.4. The molecule has 0 bridgehead atoms. The summed E-state index contributed by atoms with van der Waals surface area (Å²) in [5.74, 6) is 1.17. The van der Waals surface area contributed by atoms with Crippen molar-refractivity contribution < 1.29 is 9.34 Å². The molecule has 0 N–H and O–H groups in total. The smallest absolute Gasteiger partial charge is 0.287 e. The van der Waals surface area contributed by atoms with E-state index < -0.39 is 4.92 Å². The Balaban J connectivity index is 1.39. The van der Waals surface area contributed by atoms with Crippen LogP contribution in [0.5, 0.6) is 0 Å². The Hall–Kier alpha value is -5.42. The Morgan fingerprint density at radius 3 is 2.59 bits per heavy atom. The van der Waals surface area contributed by atoms with Gasteiger partial charge in [-0.25, -0.2) is 9.97 Å². The van der Waals surface area contributed by atoms with E-state index in [2.05, 4.69) is 26.0 Å². The van der Waals surface area contributed by atoms with Crippen molar-refractivity contribution in [2.75, 3.05) is 0 Å². The molecule has 198 valence electrons. The van der Waals surface area contributed by atoms with E-state index >= 15 is 0 Å². The van der Waals surface area contributed by atoms with Gasteiger partial charge in [-0.1, -0.05) is 46.3 Å². The lowest BCUT2D eigenvalue weighted by Gasteiger charge is -2.07. The van der Waals surface area contributed by atoms with Crippen LogP contribution < -0.4 is 5.56 Å². The molecule has 0 unspecified atom stereocenters. The molecule has 0 saturated heterocycles. The maximum atomic E-state index is 13.7. The molecule has 41 heavy (non-hydrogen) atoms. The van der Waals surface area contributed by atoms with Gasteiger partial charge in [0, 0.05) is 33.1 Å². The molecule has 10 nitrogen and oxygen atoms in total. The van der Waals surface area contributed by atoms with Gasteiger partial charge in [0.05, 0.1) is 27.6 Å². The minimum Gasteiger partial charge on any atom is -0.453 e. The maximum absolute atomic E-state index is 13.7. The fourth-order valence-corrected chi connectivity index (χ4v) is 5.14. The molecule has 4 heterocycles. The first-order valence-corrected chi connectivity index (χ1v) is 13.2. The predicted octanol–water partition coefficient (Wildman–Crippen LogP) is 6.70. The standard InChI is InChI=1S/C30H17BrN6O4/c31-20-9-11-26-18(13-20)14-27(41-26)29-34-24-7-3-1-6-23(24)30(38)36(29)33-15-19-17-35(25-8-4-2-5-22(19)25)28-12-10-21(16-32-28)37(39)40/h1-17H. The second-order valence-corrected chi connectivity index (χ2v) is 10.1. The number of nitrogens with zero attached hydrogens (tertiary/aromatic N) is 6. The quantitative estimate of drug-likeness (QED) is 0.122. The van der Waals surface area contributed by atoms with Gasteiger partial charge in [-0.3, -0.25) is 14.9 Å². The van der Waals surface area contributed by atoms with Gasteiger partial charge in [-0.05, 0) is 48.5 Å². The lowest BCUT2D eigenvalue weighted by atomic mass is 10.2. The number of furan rings is 1. The molecule has 4 aromatic heterocycles. The number of pyridine rings is 1. The van der Waals surface area contributed by atoms with E-state index in [4.69, 9.17) is 9.40 Å². The highest BCUT2D eigenvalue weighted by Crippen LogP contribution is 2.29. The molecule has 0 aliphatic rings. The number of hydrogen-bond donors (Lipinski definition) is 0. The predicted molar refractivity (Wildman–Crippen MR) is 160 cm³/mol. The zero-order valence-corrected chi connectivity index (χ0v) is 22.6. The summed E-state index contributed by atoms with van der Waals surface area (Å²) in [7, 11) is 0. The Morgan fingerprint density at radius 1 is 0.976 bits per heavy atom. The molecular formula is C30H17BrN6O4. The van der Waals surface area contributed by atoms with Gasteiger partial charge >= 0.3 is 0 Å². The van der Waals surface area contributed by atoms with Gasteiger partial charge in [0.25, 0.3) is 11.2 Å². The van der Waals surface area contributed by atoms with E-state index in [1.807, 2.05) is 65.4 Å². The zero-order chi connectivity index (χ0) is 28.1. The summed E-state index contributed by atoms with van der Waals surface area (Å²) in [6, 6.07) is 25.2. The van der Waals surface area contributed by atoms with E-state index in [0.29, 0.717) is 33.6 Å². The van der Waals surface area contributed by atoms with Crippen LogP contribution in [0.3, 0.4) is 0 Å². The van der Waals surface area contributed by atoms with Crippen LogP contribution in [0.2, 0.25) is 0 Å². The van der Waals surface area contributed by atoms with Crippen molar-refractivity contribution in [1.29, 1.82) is 0 Å². The van der Waals surface area contributed by atoms with E-state index in [9.17, 15) is 14.9 Å². The van der Waals surface area contributed by atoms with Crippen molar-refractivity contribution in [3.8, 4) is 17.4 Å². The normalized spacial score (nSPS) is 11.7. The van der Waals surface area contributed by atoms with Crippen LogP contribution in [0.4, 0.5) is 5.69 Å². The Labute approximate surface area is 239 Å². The molecule has 0 spiro atoms. The lowest BCUT2D eigenvalue weighted by molar-refractivity contribution is -0.385. The van der Waals surface area contributed by atoms with Gasteiger partial charge in [0.15, 0.2) is 5.76 Å². The molecular weight excluding hydrogens is 588 g/mol. The Morgan fingerprint density at radius 2 is 1.78 bits per heavy atom. The second-order valence-electron chi connectivity index (χ2n) is 9.21. The zero-order valence-electron chi connectivity index (χ0n) is 21.0. The largest absolute Gasteiger partial charge is 0.453 e. The van der Waals surface area contributed by atoms with Crippen LogP contribution in [0.15, 0.2) is 116 Å². The van der Waals surface area contributed by atoms with E-state index in [1.54, 1.807) is 30.5 Å². The third kappa shape index (κ3) is 4.28. The molecule has 0 aliphatic heterocycles. The van der Waals surface area contributed by atoms with Gasteiger partial charge < -0.3 is 8.98 Å². The van der Waals surface area contributed by atoms with Gasteiger partial charge in [-0.2, -0.15) is 9.78 Å². The summed E-state index contributed by atoms with van der Waals surface area (Å²) in [6.07, 6.45) is 4.63. The fourth-order valence-electron chi connectivity index (χ4n) is 4.76. The van der Waals surface area contributed by atoms with Crippen molar-refractivity contribution in [2.45, 2.75) is 0 Å². The number of nitro groups is 1. The number of benzene rings is 3. The number of para-hydroxylation sites is 2. The summed E-state index contributed by atoms with van der Waals surface area (Å²) >= 11 is 3.48. The van der Waals surface area contributed by atoms with Gasteiger partial charge in [0.1, 0.15) is 17.6 Å². The van der Waals surface area contributed by atoms with E-state index in [1.165, 1.54) is 16.9 Å². The van der Waals surface area contributed by atoms with Crippen molar-refractivity contribution in [3.63, 3.8) is 0 Å². The van der Waals surface area contributed by atoms with Crippen molar-refractivity contribution in [2.24, 2.45) is 5.10 Å². The van der Waals surface area contributed by atoms with Crippen molar-refractivity contribution >= 4 is 60.6 Å². The molecule has 7 aromatic rings. The van der Waals surface area contributed by atoms with Crippen LogP contribution in [0.1, 0.15) is 5.56 Å². The van der Waals surface area contributed by atoms with Crippen LogP contribution in [-0.2, 0) is 0 Å². The highest BCUT2D eigenvalue weighted by atomic mass is 79.9. The number of aromatic nitrogens is 4. The lowest BCUT2D eigenvalue weighted by Crippen LogP contribution is -2.20. The summed E-state index contributed by atoms with van der Waals surface area (Å²) in [5, 5.41) is 17.8. The highest BCUT2D eigenvalue weighted by Gasteiger charge is 2.17. The van der Waals surface area contributed by atoms with Gasteiger partial charge in [-0.15, -0.1) is 0 Å². The van der Waals surface area contributed by atoms with Crippen LogP contribution in [0.25, 0.3) is 50.2 Å². The average molecular weight is 605 g/mol. The highest BCUT2D eigenvalue weighted by molar-refractivity contribution is 9.10. The molecule has 3 aromatic carbocycles. The topological polar surface area (TPSA) is 121 Å². The minimum atomic E-state index is -0.490. The monoisotopic (exact) mass is 604 g/mol. The summed E-state index contributed by atoms with van der Waals surface area (Å²) in [4.78, 5) is 33.3. The Kier molecular flexibility index (Phi) is 5.79. The van der Waals surface area contributed by atoms with Crippen molar-refractivity contribution in [3.05, 3.63) is 128 Å². The first kappa shape index (κ1) is 24.6. The van der Waals surface area contributed by atoms with Crippen LogP contribution in [-0.4, -0.2) is 30.3 Å². The number of halogens is 1. The number of rotatable bonds is 5.